The summed E-state index contributed by atoms with van der Waals surface area (Å²) in [5, 5.41) is 12.9. The van der Waals surface area contributed by atoms with Crippen LogP contribution < -0.4 is 10.9 Å². The number of halogens is 1. The molecule has 0 saturated heterocycles. The number of aromatic nitrogens is 3. The van der Waals surface area contributed by atoms with E-state index in [0.29, 0.717) is 22.9 Å². The van der Waals surface area contributed by atoms with Crippen molar-refractivity contribution in [3.05, 3.63) is 70.2 Å². The fourth-order valence-corrected chi connectivity index (χ4v) is 4.57. The van der Waals surface area contributed by atoms with Crippen LogP contribution in [-0.2, 0) is 27.3 Å². The van der Waals surface area contributed by atoms with Crippen LogP contribution in [0.15, 0.2) is 47.5 Å². The highest BCUT2D eigenvalue weighted by molar-refractivity contribution is 5.94. The lowest BCUT2D eigenvalue weighted by Gasteiger charge is -2.20. The van der Waals surface area contributed by atoms with Crippen molar-refractivity contribution in [3.63, 3.8) is 0 Å². The number of allylic oxidation sites excluding steroid dienone is 1. The van der Waals surface area contributed by atoms with Gasteiger partial charge in [0.15, 0.2) is 11.9 Å². The Labute approximate surface area is 259 Å². The lowest BCUT2D eigenvalue weighted by atomic mass is 9.87. The van der Waals surface area contributed by atoms with E-state index >= 15 is 0 Å². The first-order chi connectivity index (χ1) is 21.0. The molecule has 2 heterocycles. The number of nitrogens with zero attached hydrogens (tertiary/aromatic N) is 5. The summed E-state index contributed by atoms with van der Waals surface area (Å²) < 4.78 is 22.0. The standard InChI is InChI=1S/C31H39FN6O7/c1-31(2,3)17-20-15-21(32)14-19-16-22(38(25(19)20)29(42)43)18-37-13-12-33-26(28(37)41)34-27(40)23(45-30(44)36(6)7)10-8-9-11-24(39)35(4)5/h9,11-16,23H,8,10,17-18H2,1-7H3,(H,42,43)(H,33,34,40)/b11-9+. The summed E-state index contributed by atoms with van der Waals surface area (Å²) in [5.74, 6) is -1.95. The second-order valence-electron chi connectivity index (χ2n) is 12.2. The molecule has 242 valence electrons. The number of carbonyl (C=O) groups excluding carboxylic acids is 3. The maximum absolute atomic E-state index is 14.5. The summed E-state index contributed by atoms with van der Waals surface area (Å²) in [6.07, 6.45) is 2.68. The average Bonchev–Trinajstić information content (AvgIpc) is 3.29. The Bertz CT molecular complexity index is 1680. The Morgan fingerprint density at radius 2 is 1.80 bits per heavy atom. The first-order valence-corrected chi connectivity index (χ1v) is 14.2. The average molecular weight is 627 g/mol. The zero-order valence-corrected chi connectivity index (χ0v) is 26.5. The van der Waals surface area contributed by atoms with Crippen LogP contribution in [0, 0.1) is 11.2 Å². The summed E-state index contributed by atoms with van der Waals surface area (Å²) in [4.78, 5) is 69.5. The van der Waals surface area contributed by atoms with E-state index in [1.54, 1.807) is 20.2 Å². The number of benzene rings is 1. The largest absolute Gasteiger partial charge is 0.464 e. The summed E-state index contributed by atoms with van der Waals surface area (Å²) in [6, 6.07) is 4.07. The number of nitrogens with one attached hydrogen (secondary N) is 1. The van der Waals surface area contributed by atoms with E-state index in [4.69, 9.17) is 4.74 Å². The Morgan fingerprint density at radius 3 is 2.40 bits per heavy atom. The minimum Gasteiger partial charge on any atom is -0.464 e. The SMILES string of the molecule is CN(C)C(=O)/C=C/CCC(OC(=O)N(C)C)C(=O)Nc1nccn(Cc2cc3cc(F)cc(CC(C)(C)C)c3n2C(=O)O)c1=O. The molecule has 13 nitrogen and oxygen atoms in total. The van der Waals surface area contributed by atoms with Gasteiger partial charge in [-0.3, -0.25) is 14.4 Å². The van der Waals surface area contributed by atoms with Gasteiger partial charge >= 0.3 is 12.2 Å². The van der Waals surface area contributed by atoms with Gasteiger partial charge in [-0.15, -0.1) is 0 Å². The molecule has 3 rings (SSSR count). The van der Waals surface area contributed by atoms with E-state index in [2.05, 4.69) is 10.3 Å². The molecule has 14 heteroatoms. The van der Waals surface area contributed by atoms with Crippen LogP contribution in [0.3, 0.4) is 0 Å². The van der Waals surface area contributed by atoms with Crippen molar-refractivity contribution >= 4 is 40.7 Å². The van der Waals surface area contributed by atoms with Crippen LogP contribution in [-0.4, -0.2) is 87.3 Å². The van der Waals surface area contributed by atoms with Crippen LogP contribution in [0.25, 0.3) is 10.9 Å². The summed E-state index contributed by atoms with van der Waals surface area (Å²) >= 11 is 0. The molecule has 0 aliphatic carbocycles. The van der Waals surface area contributed by atoms with Crippen molar-refractivity contribution in [1.82, 2.24) is 23.9 Å². The first-order valence-electron chi connectivity index (χ1n) is 14.2. The number of hydrogen-bond acceptors (Lipinski definition) is 7. The number of hydrogen-bond donors (Lipinski definition) is 2. The van der Waals surface area contributed by atoms with Crippen molar-refractivity contribution in [2.75, 3.05) is 33.5 Å². The molecule has 0 aliphatic heterocycles. The lowest BCUT2D eigenvalue weighted by molar-refractivity contribution is -0.125. The van der Waals surface area contributed by atoms with Crippen molar-refractivity contribution < 1.29 is 33.4 Å². The van der Waals surface area contributed by atoms with Gasteiger partial charge in [-0.1, -0.05) is 26.8 Å². The number of fused-ring (bicyclic) bond motifs is 1. The summed E-state index contributed by atoms with van der Waals surface area (Å²) in [5.41, 5.74) is 0.0307. The van der Waals surface area contributed by atoms with Crippen molar-refractivity contribution in [2.45, 2.75) is 52.7 Å². The second-order valence-corrected chi connectivity index (χ2v) is 12.2. The number of amides is 3. The zero-order chi connectivity index (χ0) is 33.6. The van der Waals surface area contributed by atoms with Gasteiger partial charge in [0.05, 0.1) is 17.8 Å². The summed E-state index contributed by atoms with van der Waals surface area (Å²) in [6.45, 7) is 5.64. The smallest absolute Gasteiger partial charge is 0.416 e. The molecular formula is C31H39FN6O7. The normalized spacial score (nSPS) is 12.3. The molecule has 2 N–H and O–H groups in total. The maximum Gasteiger partial charge on any atom is 0.416 e. The van der Waals surface area contributed by atoms with Crippen LogP contribution in [0.1, 0.15) is 44.9 Å². The highest BCUT2D eigenvalue weighted by atomic mass is 19.1. The van der Waals surface area contributed by atoms with Gasteiger partial charge in [-0.05, 0) is 54.5 Å². The van der Waals surface area contributed by atoms with Crippen LogP contribution >= 0.6 is 0 Å². The zero-order valence-electron chi connectivity index (χ0n) is 26.5. The second kappa shape index (κ2) is 14.2. The van der Waals surface area contributed by atoms with Gasteiger partial charge in [0.2, 0.25) is 5.91 Å². The number of carboxylic acid groups (broad SMARTS) is 1. The quantitative estimate of drug-likeness (QED) is 0.321. The molecule has 3 aromatic rings. The Hall–Kier alpha value is -5.01. The third-order valence-electron chi connectivity index (χ3n) is 6.61. The van der Waals surface area contributed by atoms with Gasteiger partial charge in [-0.2, -0.15) is 0 Å². The monoisotopic (exact) mass is 626 g/mol. The topological polar surface area (TPSA) is 156 Å². The van der Waals surface area contributed by atoms with Crippen LogP contribution in [0.4, 0.5) is 19.8 Å². The molecule has 1 aromatic carbocycles. The van der Waals surface area contributed by atoms with E-state index in [9.17, 15) is 33.5 Å². The molecule has 45 heavy (non-hydrogen) atoms. The number of anilines is 1. The third-order valence-corrected chi connectivity index (χ3v) is 6.61. The van der Waals surface area contributed by atoms with Gasteiger partial charge in [0.1, 0.15) is 5.82 Å². The minimum atomic E-state index is -1.32. The predicted molar refractivity (Wildman–Crippen MR) is 166 cm³/mol. The van der Waals surface area contributed by atoms with Crippen LogP contribution in [0.5, 0.6) is 0 Å². The van der Waals surface area contributed by atoms with E-state index < -0.39 is 35.6 Å². The van der Waals surface area contributed by atoms with Crippen molar-refractivity contribution in [2.24, 2.45) is 5.41 Å². The molecule has 0 bridgehead atoms. The molecule has 0 fully saturated rings. The minimum absolute atomic E-state index is 0.00974. The first kappa shape index (κ1) is 34.5. The van der Waals surface area contributed by atoms with E-state index in [1.165, 1.54) is 55.7 Å². The molecule has 2 aromatic heterocycles. The molecular weight excluding hydrogens is 587 g/mol. The van der Waals surface area contributed by atoms with E-state index in [0.717, 1.165) is 14.0 Å². The lowest BCUT2D eigenvalue weighted by Crippen LogP contribution is -2.38. The number of rotatable bonds is 10. The summed E-state index contributed by atoms with van der Waals surface area (Å²) in [7, 11) is 6.07. The molecule has 0 saturated carbocycles. The molecule has 1 unspecified atom stereocenters. The van der Waals surface area contributed by atoms with Crippen molar-refractivity contribution in [3.8, 4) is 0 Å². The third kappa shape index (κ3) is 9.00. The number of ether oxygens (including phenoxy) is 1. The predicted octanol–water partition coefficient (Wildman–Crippen LogP) is 3.93. The highest BCUT2D eigenvalue weighted by Gasteiger charge is 2.26. The van der Waals surface area contributed by atoms with Gasteiger partial charge in [0.25, 0.3) is 11.5 Å². The number of likely N-dealkylation sites (N-methyl/N-ethyl adjacent to an activating group) is 1. The number of carbonyl (C=O) groups is 4. The van der Waals surface area contributed by atoms with E-state index in [-0.39, 0.29) is 42.2 Å². The maximum atomic E-state index is 14.5. The molecule has 0 radical (unpaired) electrons. The van der Waals surface area contributed by atoms with Crippen molar-refractivity contribution in [1.29, 1.82) is 0 Å². The molecule has 0 spiro atoms. The highest BCUT2D eigenvalue weighted by Crippen LogP contribution is 2.30. The Morgan fingerprint density at radius 1 is 1.11 bits per heavy atom. The fourth-order valence-electron chi connectivity index (χ4n) is 4.57. The van der Waals surface area contributed by atoms with E-state index in [1.807, 2.05) is 20.8 Å². The van der Waals surface area contributed by atoms with Gasteiger partial charge < -0.3 is 29.5 Å². The van der Waals surface area contributed by atoms with Gasteiger partial charge in [0, 0.05) is 46.0 Å². The Balaban J connectivity index is 1.92. The molecule has 0 aliphatic rings. The fraction of sp³-hybridized carbons (Fsp3) is 0.419. The molecule has 1 atom stereocenters. The molecule has 3 amide bonds. The van der Waals surface area contributed by atoms with Crippen LogP contribution in [0.2, 0.25) is 0 Å². The Kier molecular flexibility index (Phi) is 10.9. The van der Waals surface area contributed by atoms with Gasteiger partial charge in [-0.25, -0.2) is 23.5 Å².